The lowest BCUT2D eigenvalue weighted by Crippen LogP contribution is -2.56. The van der Waals surface area contributed by atoms with Crippen LogP contribution >= 0.6 is 0 Å². The first kappa shape index (κ1) is 19.9. The molecule has 146 valence electrons. The van der Waals surface area contributed by atoms with Gasteiger partial charge in [0, 0.05) is 19.4 Å². The molecule has 0 unspecified atom stereocenters. The van der Waals surface area contributed by atoms with Gasteiger partial charge in [-0.25, -0.2) is 4.79 Å². The Morgan fingerprint density at radius 3 is 2.56 bits per heavy atom. The SMILES string of the molecule is C[Si]1(CCCn2cc(C(=O)ON3C(=O)CCC3=O)nn2)O[Si](O)O[Si](O)O1. The first-order valence-electron chi connectivity index (χ1n) is 7.92. The normalized spacial score (nSPS) is 21.1. The van der Waals surface area contributed by atoms with Crippen molar-refractivity contribution in [3.63, 3.8) is 0 Å². The van der Waals surface area contributed by atoms with Gasteiger partial charge < -0.3 is 26.8 Å². The van der Waals surface area contributed by atoms with Crippen molar-refractivity contribution >= 4 is 45.4 Å². The summed E-state index contributed by atoms with van der Waals surface area (Å²) in [5.74, 6) is -2.11. The van der Waals surface area contributed by atoms with Gasteiger partial charge in [-0.05, 0) is 19.0 Å². The van der Waals surface area contributed by atoms with Gasteiger partial charge in [0.15, 0.2) is 5.69 Å². The van der Waals surface area contributed by atoms with Crippen molar-refractivity contribution in [3.8, 4) is 0 Å². The quantitative estimate of drug-likeness (QED) is 0.377. The predicted octanol–water partition coefficient (Wildman–Crippen LogP) is -2.02. The largest absolute Gasteiger partial charge is 0.557 e. The van der Waals surface area contributed by atoms with Crippen molar-refractivity contribution in [2.45, 2.75) is 38.4 Å². The Labute approximate surface area is 157 Å². The summed E-state index contributed by atoms with van der Waals surface area (Å²) in [7, 11) is -7.73. The standard InChI is InChI=1S/C11H16N4O9Si3/c1-27(23-25(19)22-26(20)24-27)6-2-5-14-7-8(12-13-14)11(18)21-15-9(16)3-4-10(15)17/h7,19-20H,2-6H2,1H3. The molecule has 2 fully saturated rings. The van der Waals surface area contributed by atoms with Gasteiger partial charge in [0.05, 0.1) is 6.20 Å². The molecular formula is C11H16N4O9Si3. The smallest absolute Gasteiger partial charge is 0.392 e. The van der Waals surface area contributed by atoms with Crippen molar-refractivity contribution in [1.29, 1.82) is 0 Å². The highest BCUT2D eigenvalue weighted by Crippen LogP contribution is 2.22. The van der Waals surface area contributed by atoms with E-state index in [0.717, 1.165) is 0 Å². The lowest BCUT2D eigenvalue weighted by atomic mass is 10.4. The van der Waals surface area contributed by atoms with E-state index in [-0.39, 0.29) is 18.5 Å². The molecule has 0 spiro atoms. The van der Waals surface area contributed by atoms with Crippen molar-refractivity contribution < 1.29 is 41.2 Å². The zero-order valence-electron chi connectivity index (χ0n) is 14.2. The highest BCUT2D eigenvalue weighted by Gasteiger charge is 2.46. The Morgan fingerprint density at radius 1 is 1.30 bits per heavy atom. The first-order chi connectivity index (χ1) is 12.8. The number of aryl methyl sites for hydroxylation is 1. The molecule has 1 aromatic heterocycles. The fraction of sp³-hybridized carbons (Fsp3) is 0.545. The van der Waals surface area contributed by atoms with E-state index in [1.165, 1.54) is 10.9 Å². The van der Waals surface area contributed by atoms with Gasteiger partial charge in [-0.15, -0.1) is 10.2 Å². The summed E-state index contributed by atoms with van der Waals surface area (Å²) in [5.41, 5.74) is -0.147. The van der Waals surface area contributed by atoms with Crippen LogP contribution in [0.15, 0.2) is 6.20 Å². The number of carbonyl (C=O) groups excluding carboxylic acids is 3. The topological polar surface area (TPSA) is 163 Å². The molecule has 2 radical (unpaired) electrons. The molecule has 13 nitrogen and oxygen atoms in total. The van der Waals surface area contributed by atoms with E-state index >= 15 is 0 Å². The maximum absolute atomic E-state index is 12.0. The van der Waals surface area contributed by atoms with Crippen molar-refractivity contribution in [3.05, 3.63) is 11.9 Å². The lowest BCUT2D eigenvalue weighted by Gasteiger charge is -2.33. The third-order valence-electron chi connectivity index (χ3n) is 3.73. The predicted molar refractivity (Wildman–Crippen MR) is 86.8 cm³/mol. The molecule has 3 rings (SSSR count). The Balaban J connectivity index is 1.50. The molecule has 2 amide bonds. The number of carbonyl (C=O) groups is 3. The number of hydrogen-bond acceptors (Lipinski definition) is 11. The van der Waals surface area contributed by atoms with Crippen molar-refractivity contribution in [1.82, 2.24) is 20.1 Å². The van der Waals surface area contributed by atoms with E-state index in [1.807, 2.05) is 0 Å². The summed E-state index contributed by atoms with van der Waals surface area (Å²) in [6.07, 6.45) is 1.86. The minimum Gasteiger partial charge on any atom is -0.392 e. The van der Waals surface area contributed by atoms with Crippen molar-refractivity contribution in [2.24, 2.45) is 0 Å². The molecule has 0 aromatic carbocycles. The van der Waals surface area contributed by atoms with Crippen molar-refractivity contribution in [2.75, 3.05) is 0 Å². The molecule has 0 saturated carbocycles. The molecule has 0 bridgehead atoms. The molecule has 0 atom stereocenters. The van der Waals surface area contributed by atoms with E-state index in [4.69, 9.17) is 17.2 Å². The molecule has 0 aliphatic carbocycles. The first-order valence-corrected chi connectivity index (χ1v) is 13.0. The number of amides is 2. The van der Waals surface area contributed by atoms with E-state index in [9.17, 15) is 24.0 Å². The second-order valence-corrected chi connectivity index (χ2v) is 12.2. The molecule has 3 heterocycles. The number of nitrogens with zero attached hydrogens (tertiary/aromatic N) is 4. The second-order valence-electron chi connectivity index (χ2n) is 5.90. The van der Waals surface area contributed by atoms with Gasteiger partial charge in [0.1, 0.15) is 0 Å². The molecule has 16 heteroatoms. The zero-order chi connectivity index (χ0) is 19.6. The average molecular weight is 433 g/mol. The number of imide groups is 1. The summed E-state index contributed by atoms with van der Waals surface area (Å²) < 4.78 is 16.8. The third kappa shape index (κ3) is 4.93. The minimum atomic E-state index is -2.74. The average Bonchev–Trinajstić information content (AvgIpc) is 3.15. The molecule has 2 N–H and O–H groups in total. The molecule has 2 aliphatic rings. The molecule has 2 saturated heterocycles. The van der Waals surface area contributed by atoms with Crippen LogP contribution in [-0.4, -0.2) is 75.0 Å². The molecular weight excluding hydrogens is 416 g/mol. The zero-order valence-corrected chi connectivity index (χ0v) is 17.2. The highest BCUT2D eigenvalue weighted by molar-refractivity contribution is 6.79. The Bertz CT molecular complexity index is 720. The van der Waals surface area contributed by atoms with Crippen LogP contribution in [0.2, 0.25) is 12.6 Å². The maximum atomic E-state index is 12.0. The minimum absolute atomic E-state index is 0.00419. The fourth-order valence-corrected chi connectivity index (χ4v) is 9.25. The van der Waals surface area contributed by atoms with Crippen LogP contribution in [0.5, 0.6) is 0 Å². The Hall–Kier alpha value is -1.80. The van der Waals surface area contributed by atoms with Crippen LogP contribution in [0, 0.1) is 0 Å². The molecule has 27 heavy (non-hydrogen) atoms. The van der Waals surface area contributed by atoms with Crippen LogP contribution < -0.4 is 0 Å². The summed E-state index contributed by atoms with van der Waals surface area (Å²) in [6.45, 7) is 2.07. The van der Waals surface area contributed by atoms with Crippen LogP contribution in [0.4, 0.5) is 0 Å². The van der Waals surface area contributed by atoms with Gasteiger partial charge in [-0.1, -0.05) is 5.21 Å². The van der Waals surface area contributed by atoms with Crippen LogP contribution in [-0.2, 0) is 33.3 Å². The third-order valence-corrected chi connectivity index (χ3v) is 11.2. The van der Waals surface area contributed by atoms with Gasteiger partial charge in [-0.3, -0.25) is 14.3 Å². The Kier molecular flexibility index (Phi) is 5.96. The summed E-state index contributed by atoms with van der Waals surface area (Å²) >= 11 is 0. The summed E-state index contributed by atoms with van der Waals surface area (Å²) in [6, 6.07) is 0.455. The van der Waals surface area contributed by atoms with Gasteiger partial charge >= 0.3 is 33.6 Å². The highest BCUT2D eigenvalue weighted by atomic mass is 28.5. The number of aromatic nitrogens is 3. The molecule has 2 aliphatic heterocycles. The second kappa shape index (κ2) is 8.06. The van der Waals surface area contributed by atoms with E-state index in [2.05, 4.69) is 10.3 Å². The van der Waals surface area contributed by atoms with Crippen LogP contribution in [0.1, 0.15) is 29.8 Å². The van der Waals surface area contributed by atoms with Crippen LogP contribution in [0.25, 0.3) is 0 Å². The van der Waals surface area contributed by atoms with Gasteiger partial charge in [0.2, 0.25) is 0 Å². The molecule has 1 aromatic rings. The Morgan fingerprint density at radius 2 is 1.93 bits per heavy atom. The van der Waals surface area contributed by atoms with E-state index < -0.39 is 45.4 Å². The fourth-order valence-electron chi connectivity index (χ4n) is 2.46. The van der Waals surface area contributed by atoms with Gasteiger partial charge in [0.25, 0.3) is 11.8 Å². The summed E-state index contributed by atoms with van der Waals surface area (Å²) in [4.78, 5) is 58.6. The van der Waals surface area contributed by atoms with Crippen LogP contribution in [0.3, 0.4) is 0 Å². The number of hydrogen-bond donors (Lipinski definition) is 2. The monoisotopic (exact) mass is 432 g/mol. The number of hydroxylamine groups is 2. The maximum Gasteiger partial charge on any atom is 0.557 e. The lowest BCUT2D eigenvalue weighted by molar-refractivity contribution is -0.172. The summed E-state index contributed by atoms with van der Waals surface area (Å²) in [5, 5.41) is 7.89. The van der Waals surface area contributed by atoms with Gasteiger partial charge in [-0.2, -0.15) is 0 Å². The number of rotatable bonds is 6. The van der Waals surface area contributed by atoms with E-state index in [1.54, 1.807) is 6.55 Å². The van der Waals surface area contributed by atoms with E-state index in [0.29, 0.717) is 24.1 Å².